The first kappa shape index (κ1) is 17.7. The number of para-hydroxylation sites is 1. The Kier molecular flexibility index (Phi) is 5.28. The van der Waals surface area contributed by atoms with E-state index in [0.717, 1.165) is 31.0 Å². The van der Waals surface area contributed by atoms with Gasteiger partial charge in [-0.3, -0.25) is 0 Å². The van der Waals surface area contributed by atoms with Crippen molar-refractivity contribution < 1.29 is 4.39 Å². The molecule has 3 nitrogen and oxygen atoms in total. The molecule has 3 rings (SSSR count). The summed E-state index contributed by atoms with van der Waals surface area (Å²) in [6, 6.07) is 16.4. The number of anilines is 2. The number of hydrogen-bond donors (Lipinski definition) is 0. The Labute approximate surface area is 150 Å². The van der Waals surface area contributed by atoms with Crippen molar-refractivity contribution in [2.24, 2.45) is 0 Å². The van der Waals surface area contributed by atoms with Crippen molar-refractivity contribution in [1.29, 1.82) is 0 Å². The first-order valence-electron chi connectivity index (χ1n) is 9.00. The molecule has 1 aliphatic heterocycles. The molecule has 134 valence electrons. The van der Waals surface area contributed by atoms with Gasteiger partial charge in [0.25, 0.3) is 0 Å². The van der Waals surface area contributed by atoms with Crippen molar-refractivity contribution in [3.05, 3.63) is 59.9 Å². The first-order chi connectivity index (χ1) is 12.0. The summed E-state index contributed by atoms with van der Waals surface area (Å²) in [5.74, 6) is -0.133. The quantitative estimate of drug-likeness (QED) is 0.765. The van der Waals surface area contributed by atoms with Crippen LogP contribution in [0.25, 0.3) is 0 Å². The highest BCUT2D eigenvalue weighted by Gasteiger charge is 2.34. The van der Waals surface area contributed by atoms with Gasteiger partial charge in [-0.1, -0.05) is 36.4 Å². The fraction of sp³-hybridized carbons (Fsp3) is 0.429. The number of hydrogen-bond acceptors (Lipinski definition) is 3. The first-order valence-corrected chi connectivity index (χ1v) is 9.00. The normalized spacial score (nSPS) is 15.2. The second-order valence-corrected chi connectivity index (χ2v) is 7.30. The van der Waals surface area contributed by atoms with Crippen LogP contribution in [0.1, 0.15) is 31.9 Å². The smallest absolute Gasteiger partial charge is 0.148 e. The summed E-state index contributed by atoms with van der Waals surface area (Å²) in [6.45, 7) is 6.01. The van der Waals surface area contributed by atoms with Gasteiger partial charge in [-0.2, -0.15) is 0 Å². The Morgan fingerprint density at radius 1 is 1.00 bits per heavy atom. The molecule has 1 heterocycles. The summed E-state index contributed by atoms with van der Waals surface area (Å²) in [5.41, 5.74) is 2.98. The van der Waals surface area contributed by atoms with Crippen LogP contribution in [-0.4, -0.2) is 38.3 Å². The molecule has 0 saturated heterocycles. The Balaban J connectivity index is 2.02. The van der Waals surface area contributed by atoms with Gasteiger partial charge in [-0.15, -0.1) is 0 Å². The number of fused-ring (bicyclic) bond motifs is 1. The maximum Gasteiger partial charge on any atom is 0.148 e. The predicted molar refractivity (Wildman–Crippen MR) is 104 cm³/mol. The maximum absolute atomic E-state index is 14.8. The summed E-state index contributed by atoms with van der Waals surface area (Å²) in [7, 11) is 4.17. The SMILES string of the molecule is CC(C)N1CN(C(CCN(C)C)c2ccccc2)c2c(F)cccc21. The second-order valence-electron chi connectivity index (χ2n) is 7.30. The van der Waals surface area contributed by atoms with Crippen molar-refractivity contribution in [2.75, 3.05) is 37.1 Å². The summed E-state index contributed by atoms with van der Waals surface area (Å²) >= 11 is 0. The van der Waals surface area contributed by atoms with Gasteiger partial charge < -0.3 is 14.7 Å². The standard InChI is InChI=1S/C21H28FN3/c1-16(2)24-15-25(21-18(22)11-8-12-20(21)24)19(13-14-23(3)4)17-9-6-5-7-10-17/h5-12,16,19H,13-15H2,1-4H3. The van der Waals surface area contributed by atoms with Gasteiger partial charge in [-0.05, 0) is 58.6 Å². The molecule has 1 unspecified atom stereocenters. The van der Waals surface area contributed by atoms with Crippen LogP contribution in [0.15, 0.2) is 48.5 Å². The zero-order valence-electron chi connectivity index (χ0n) is 15.6. The molecule has 0 bridgehead atoms. The van der Waals surface area contributed by atoms with E-state index < -0.39 is 0 Å². The number of rotatable bonds is 6. The largest absolute Gasteiger partial charge is 0.350 e. The Hall–Kier alpha value is -2.07. The Morgan fingerprint density at radius 2 is 1.72 bits per heavy atom. The highest BCUT2D eigenvalue weighted by Crippen LogP contribution is 2.44. The van der Waals surface area contributed by atoms with E-state index in [1.807, 2.05) is 18.2 Å². The van der Waals surface area contributed by atoms with E-state index in [1.165, 1.54) is 5.56 Å². The van der Waals surface area contributed by atoms with Crippen molar-refractivity contribution in [3.8, 4) is 0 Å². The molecule has 25 heavy (non-hydrogen) atoms. The van der Waals surface area contributed by atoms with Gasteiger partial charge in [0.05, 0.1) is 24.1 Å². The molecule has 1 aliphatic rings. The van der Waals surface area contributed by atoms with Gasteiger partial charge in [0.1, 0.15) is 5.82 Å². The third-order valence-electron chi connectivity index (χ3n) is 4.90. The van der Waals surface area contributed by atoms with E-state index in [9.17, 15) is 4.39 Å². The van der Waals surface area contributed by atoms with Crippen molar-refractivity contribution >= 4 is 11.4 Å². The number of benzene rings is 2. The van der Waals surface area contributed by atoms with Crippen LogP contribution in [0.4, 0.5) is 15.8 Å². The Morgan fingerprint density at radius 3 is 2.36 bits per heavy atom. The van der Waals surface area contributed by atoms with Crippen LogP contribution in [0.2, 0.25) is 0 Å². The fourth-order valence-electron chi connectivity index (χ4n) is 3.59. The molecule has 0 aromatic heterocycles. The summed E-state index contributed by atoms with van der Waals surface area (Å²) in [5, 5.41) is 0. The predicted octanol–water partition coefficient (Wildman–Crippen LogP) is 4.51. The minimum atomic E-state index is -0.133. The molecule has 0 aliphatic carbocycles. The molecular formula is C21H28FN3. The topological polar surface area (TPSA) is 9.72 Å². The Bertz CT molecular complexity index is 700. The summed E-state index contributed by atoms with van der Waals surface area (Å²) in [4.78, 5) is 6.71. The molecule has 2 aromatic carbocycles. The molecular weight excluding hydrogens is 313 g/mol. The lowest BCUT2D eigenvalue weighted by Crippen LogP contribution is -2.38. The van der Waals surface area contributed by atoms with E-state index in [4.69, 9.17) is 0 Å². The lowest BCUT2D eigenvalue weighted by molar-refractivity contribution is 0.376. The minimum Gasteiger partial charge on any atom is -0.350 e. The second kappa shape index (κ2) is 7.44. The van der Waals surface area contributed by atoms with E-state index >= 15 is 0 Å². The van der Waals surface area contributed by atoms with Gasteiger partial charge in [-0.25, -0.2) is 4.39 Å². The van der Waals surface area contributed by atoms with Crippen molar-refractivity contribution in [2.45, 2.75) is 32.4 Å². The highest BCUT2D eigenvalue weighted by atomic mass is 19.1. The van der Waals surface area contributed by atoms with E-state index in [2.05, 4.69) is 66.9 Å². The molecule has 0 N–H and O–H groups in total. The van der Waals surface area contributed by atoms with Crippen LogP contribution in [0.3, 0.4) is 0 Å². The van der Waals surface area contributed by atoms with Crippen LogP contribution in [-0.2, 0) is 0 Å². The van der Waals surface area contributed by atoms with E-state index in [0.29, 0.717) is 6.04 Å². The lowest BCUT2D eigenvalue weighted by atomic mass is 10.0. The highest BCUT2D eigenvalue weighted by molar-refractivity contribution is 5.77. The van der Waals surface area contributed by atoms with Crippen molar-refractivity contribution in [3.63, 3.8) is 0 Å². The maximum atomic E-state index is 14.8. The molecule has 0 radical (unpaired) electrons. The fourth-order valence-corrected chi connectivity index (χ4v) is 3.59. The average molecular weight is 341 g/mol. The number of nitrogens with zero attached hydrogens (tertiary/aromatic N) is 3. The van der Waals surface area contributed by atoms with E-state index in [-0.39, 0.29) is 11.9 Å². The van der Waals surface area contributed by atoms with Gasteiger partial charge in [0, 0.05) is 6.04 Å². The molecule has 0 fully saturated rings. The van der Waals surface area contributed by atoms with Crippen LogP contribution < -0.4 is 9.80 Å². The van der Waals surface area contributed by atoms with Crippen LogP contribution in [0, 0.1) is 5.82 Å². The monoisotopic (exact) mass is 341 g/mol. The molecule has 0 amide bonds. The van der Waals surface area contributed by atoms with Gasteiger partial charge >= 0.3 is 0 Å². The molecule has 0 saturated carbocycles. The lowest BCUT2D eigenvalue weighted by Gasteiger charge is -2.33. The van der Waals surface area contributed by atoms with Gasteiger partial charge in [0.2, 0.25) is 0 Å². The van der Waals surface area contributed by atoms with E-state index in [1.54, 1.807) is 6.07 Å². The average Bonchev–Trinajstić information content (AvgIpc) is 2.97. The third-order valence-corrected chi connectivity index (χ3v) is 4.90. The molecule has 2 aromatic rings. The minimum absolute atomic E-state index is 0.133. The zero-order chi connectivity index (χ0) is 18.0. The zero-order valence-corrected chi connectivity index (χ0v) is 15.6. The molecule has 4 heteroatoms. The third kappa shape index (κ3) is 3.64. The van der Waals surface area contributed by atoms with Crippen LogP contribution >= 0.6 is 0 Å². The molecule has 1 atom stereocenters. The number of halogens is 1. The molecule has 0 spiro atoms. The van der Waals surface area contributed by atoms with Gasteiger partial charge in [0.15, 0.2) is 0 Å². The van der Waals surface area contributed by atoms with Crippen molar-refractivity contribution in [1.82, 2.24) is 4.90 Å². The summed E-state index contributed by atoms with van der Waals surface area (Å²) < 4.78 is 14.8. The van der Waals surface area contributed by atoms with Crippen LogP contribution in [0.5, 0.6) is 0 Å². The summed E-state index contributed by atoms with van der Waals surface area (Å²) in [6.07, 6.45) is 0.955.